The molecule has 1 saturated heterocycles. The van der Waals surface area contributed by atoms with Crippen LogP contribution < -0.4 is 10.2 Å². The number of nitrogens with one attached hydrogen (secondary N) is 2. The second-order valence-corrected chi connectivity index (χ2v) is 10.4. The number of aromatic nitrogens is 1. The van der Waals surface area contributed by atoms with Crippen LogP contribution in [0.15, 0.2) is 48.5 Å². The number of urea groups is 1. The number of rotatable bonds is 3. The minimum Gasteiger partial charge on any atom is -0.356 e. The molecule has 2 fully saturated rings. The van der Waals surface area contributed by atoms with Crippen LogP contribution in [0.5, 0.6) is 0 Å². The summed E-state index contributed by atoms with van der Waals surface area (Å²) in [6, 6.07) is 14.7. The molecule has 2 aliphatic heterocycles. The summed E-state index contributed by atoms with van der Waals surface area (Å²) in [5.74, 6) is 0.338. The van der Waals surface area contributed by atoms with Crippen molar-refractivity contribution in [2.24, 2.45) is 5.92 Å². The van der Waals surface area contributed by atoms with Crippen molar-refractivity contribution in [3.63, 3.8) is 0 Å². The Balaban J connectivity index is 1.26. The minimum atomic E-state index is -1.09. The second-order valence-electron chi connectivity index (χ2n) is 10.4. The molecule has 180 valence electrons. The molecule has 6 rings (SSSR count). The Bertz CT molecular complexity index is 1340. The SMILES string of the molecule is CC1CCC(NC(=O)c2ccc(N3C(=O)N4CCc5c([nH]c6ccccc56)[C@@]4(C)C3=O)cc2)CC1. The summed E-state index contributed by atoms with van der Waals surface area (Å²) in [5, 5.41) is 4.24. The van der Waals surface area contributed by atoms with Crippen LogP contribution in [0.2, 0.25) is 0 Å². The number of carbonyl (C=O) groups is 3. The van der Waals surface area contributed by atoms with E-state index in [1.165, 1.54) is 4.90 Å². The third-order valence-corrected chi connectivity index (χ3v) is 8.21. The maximum atomic E-state index is 13.8. The van der Waals surface area contributed by atoms with Crippen LogP contribution >= 0.6 is 0 Å². The van der Waals surface area contributed by atoms with Crippen LogP contribution in [0.4, 0.5) is 10.5 Å². The maximum absolute atomic E-state index is 13.8. The van der Waals surface area contributed by atoms with Gasteiger partial charge in [0, 0.05) is 29.1 Å². The normalized spacial score (nSPS) is 26.1. The quantitative estimate of drug-likeness (QED) is 0.544. The van der Waals surface area contributed by atoms with E-state index >= 15 is 0 Å². The number of benzene rings is 2. The average Bonchev–Trinajstić information content (AvgIpc) is 3.34. The minimum absolute atomic E-state index is 0.109. The monoisotopic (exact) mass is 470 g/mol. The van der Waals surface area contributed by atoms with Gasteiger partial charge in [0.2, 0.25) is 0 Å². The van der Waals surface area contributed by atoms with E-state index in [1.807, 2.05) is 25.1 Å². The van der Waals surface area contributed by atoms with Gasteiger partial charge in [-0.25, -0.2) is 9.69 Å². The zero-order valence-corrected chi connectivity index (χ0v) is 20.1. The van der Waals surface area contributed by atoms with Crippen LogP contribution in [0, 0.1) is 5.92 Å². The molecular weight excluding hydrogens is 440 g/mol. The highest BCUT2D eigenvalue weighted by atomic mass is 16.2. The Morgan fingerprint density at radius 3 is 2.49 bits per heavy atom. The predicted molar refractivity (Wildman–Crippen MR) is 134 cm³/mol. The summed E-state index contributed by atoms with van der Waals surface area (Å²) in [4.78, 5) is 46.3. The van der Waals surface area contributed by atoms with Crippen LogP contribution in [0.3, 0.4) is 0 Å². The van der Waals surface area contributed by atoms with Gasteiger partial charge in [0.25, 0.3) is 11.8 Å². The molecule has 4 amide bonds. The van der Waals surface area contributed by atoms with Crippen LogP contribution in [0.25, 0.3) is 10.9 Å². The van der Waals surface area contributed by atoms with Gasteiger partial charge in [0.05, 0.1) is 11.4 Å². The molecule has 0 bridgehead atoms. The Morgan fingerprint density at radius 1 is 1.03 bits per heavy atom. The van der Waals surface area contributed by atoms with Gasteiger partial charge < -0.3 is 15.2 Å². The molecule has 1 saturated carbocycles. The van der Waals surface area contributed by atoms with Crippen molar-refractivity contribution in [2.45, 2.75) is 57.5 Å². The van der Waals surface area contributed by atoms with E-state index in [9.17, 15) is 14.4 Å². The number of imide groups is 1. The first-order valence-corrected chi connectivity index (χ1v) is 12.5. The lowest BCUT2D eigenvalue weighted by Crippen LogP contribution is -2.49. The number of hydrogen-bond donors (Lipinski definition) is 2. The summed E-state index contributed by atoms with van der Waals surface area (Å²) in [7, 11) is 0. The zero-order valence-electron chi connectivity index (χ0n) is 20.1. The van der Waals surface area contributed by atoms with E-state index in [4.69, 9.17) is 0 Å². The first kappa shape index (κ1) is 21.9. The van der Waals surface area contributed by atoms with Crippen molar-refractivity contribution in [1.29, 1.82) is 0 Å². The van der Waals surface area contributed by atoms with Gasteiger partial charge in [-0.05, 0) is 80.8 Å². The lowest BCUT2D eigenvalue weighted by molar-refractivity contribution is -0.125. The van der Waals surface area contributed by atoms with Gasteiger partial charge in [-0.1, -0.05) is 25.1 Å². The van der Waals surface area contributed by atoms with E-state index in [-0.39, 0.29) is 23.9 Å². The predicted octanol–water partition coefficient (Wildman–Crippen LogP) is 4.72. The molecule has 3 aliphatic rings. The molecule has 0 spiro atoms. The van der Waals surface area contributed by atoms with Gasteiger partial charge >= 0.3 is 6.03 Å². The van der Waals surface area contributed by atoms with E-state index in [0.29, 0.717) is 24.2 Å². The number of nitrogens with zero attached hydrogens (tertiary/aromatic N) is 2. The van der Waals surface area contributed by atoms with Gasteiger partial charge in [0.15, 0.2) is 5.54 Å². The fourth-order valence-corrected chi connectivity index (χ4v) is 6.05. The van der Waals surface area contributed by atoms with Crippen molar-refractivity contribution in [3.8, 4) is 0 Å². The number of amides is 4. The maximum Gasteiger partial charge on any atom is 0.332 e. The molecule has 3 aromatic rings. The Morgan fingerprint density at radius 2 is 1.74 bits per heavy atom. The summed E-state index contributed by atoms with van der Waals surface area (Å²) >= 11 is 0. The molecular formula is C28H30N4O3. The molecule has 3 heterocycles. The smallest absolute Gasteiger partial charge is 0.332 e. The molecule has 0 unspecified atom stereocenters. The van der Waals surface area contributed by atoms with Crippen molar-refractivity contribution in [1.82, 2.24) is 15.2 Å². The van der Waals surface area contributed by atoms with Crippen molar-refractivity contribution >= 4 is 34.4 Å². The van der Waals surface area contributed by atoms with Gasteiger partial charge in [0.1, 0.15) is 0 Å². The van der Waals surface area contributed by atoms with E-state index < -0.39 is 5.54 Å². The number of fused-ring (bicyclic) bond motifs is 5. The zero-order chi connectivity index (χ0) is 24.3. The van der Waals surface area contributed by atoms with E-state index in [1.54, 1.807) is 29.2 Å². The fourth-order valence-electron chi connectivity index (χ4n) is 6.05. The van der Waals surface area contributed by atoms with E-state index in [0.717, 1.165) is 53.8 Å². The van der Waals surface area contributed by atoms with Crippen molar-refractivity contribution < 1.29 is 14.4 Å². The molecule has 1 aliphatic carbocycles. The van der Waals surface area contributed by atoms with Gasteiger partial charge in [-0.2, -0.15) is 0 Å². The largest absolute Gasteiger partial charge is 0.356 e. The number of para-hydroxylation sites is 1. The molecule has 0 radical (unpaired) electrons. The van der Waals surface area contributed by atoms with Gasteiger partial charge in [-0.15, -0.1) is 0 Å². The highest BCUT2D eigenvalue weighted by molar-refractivity contribution is 6.23. The Labute approximate surface area is 204 Å². The third kappa shape index (κ3) is 3.28. The second kappa shape index (κ2) is 7.97. The number of aromatic amines is 1. The first-order chi connectivity index (χ1) is 16.9. The highest BCUT2D eigenvalue weighted by Gasteiger charge is 2.59. The van der Waals surface area contributed by atoms with Crippen LogP contribution in [-0.4, -0.2) is 40.3 Å². The van der Waals surface area contributed by atoms with E-state index in [2.05, 4.69) is 23.3 Å². The number of carbonyl (C=O) groups excluding carboxylic acids is 3. The lowest BCUT2D eigenvalue weighted by Gasteiger charge is -2.35. The molecule has 2 N–H and O–H groups in total. The Kier molecular flexibility index (Phi) is 4.99. The molecule has 1 atom stereocenters. The van der Waals surface area contributed by atoms with Crippen LogP contribution in [0.1, 0.15) is 61.1 Å². The fraction of sp³-hybridized carbons (Fsp3) is 0.393. The lowest BCUT2D eigenvalue weighted by atomic mass is 9.87. The summed E-state index contributed by atoms with van der Waals surface area (Å²) < 4.78 is 0. The van der Waals surface area contributed by atoms with Gasteiger partial charge in [-0.3, -0.25) is 9.59 Å². The first-order valence-electron chi connectivity index (χ1n) is 12.5. The average molecular weight is 471 g/mol. The van der Waals surface area contributed by atoms with Crippen LogP contribution in [-0.2, 0) is 16.8 Å². The molecule has 7 nitrogen and oxygen atoms in total. The molecule has 35 heavy (non-hydrogen) atoms. The Hall–Kier alpha value is -3.61. The summed E-state index contributed by atoms with van der Waals surface area (Å²) in [5.41, 5.74) is 2.81. The van der Waals surface area contributed by atoms with Crippen molar-refractivity contribution in [2.75, 3.05) is 11.4 Å². The van der Waals surface area contributed by atoms with Crippen molar-refractivity contribution in [3.05, 3.63) is 65.4 Å². The highest BCUT2D eigenvalue weighted by Crippen LogP contribution is 2.45. The topological polar surface area (TPSA) is 85.5 Å². The third-order valence-electron chi connectivity index (χ3n) is 8.21. The number of anilines is 1. The molecule has 7 heteroatoms. The summed E-state index contributed by atoms with van der Waals surface area (Å²) in [6.07, 6.45) is 4.98. The number of H-pyrrole nitrogens is 1. The molecule has 1 aromatic heterocycles. The standard InChI is InChI=1S/C28H30N4O3/c1-17-7-11-19(12-8-17)29-25(33)18-9-13-20(14-10-18)32-26(34)28(2)24-22(15-16-31(28)27(32)35)21-5-3-4-6-23(21)30-24/h3-6,9-10,13-14,17,19,30H,7-8,11-12,15-16H2,1-2H3,(H,29,33)/t17?,19?,28-/m0/s1. The number of hydrogen-bond acceptors (Lipinski definition) is 3. The molecule has 2 aromatic carbocycles. The summed E-state index contributed by atoms with van der Waals surface area (Å²) in [6.45, 7) is 4.56.